The first-order chi connectivity index (χ1) is 6.89. The zero-order chi connectivity index (χ0) is 11.2. The normalized spacial score (nSPS) is 12.3. The van der Waals surface area contributed by atoms with Crippen LogP contribution in [0, 0.1) is 12.7 Å². The smallest absolute Gasteiger partial charge is 0.207 e. The van der Waals surface area contributed by atoms with Crippen molar-refractivity contribution in [2.24, 2.45) is 0 Å². The molecule has 0 amide bonds. The van der Waals surface area contributed by atoms with Crippen molar-refractivity contribution >= 4 is 22.1 Å². The van der Waals surface area contributed by atoms with Gasteiger partial charge in [0.1, 0.15) is 5.82 Å². The first-order valence-electron chi connectivity index (χ1n) is 4.14. The van der Waals surface area contributed by atoms with Gasteiger partial charge in [0, 0.05) is 10.3 Å². The van der Waals surface area contributed by atoms with E-state index in [9.17, 15) is 17.6 Å². The van der Waals surface area contributed by atoms with E-state index < -0.39 is 17.6 Å². The molecule has 5 heteroatoms. The summed E-state index contributed by atoms with van der Waals surface area (Å²) in [5, 5.41) is 1.83. The molecular formula is C10H6F4S. The molecule has 1 aromatic heterocycles. The molecule has 0 fully saturated rings. The van der Waals surface area contributed by atoms with Crippen molar-refractivity contribution in [2.45, 2.75) is 13.1 Å². The lowest BCUT2D eigenvalue weighted by Gasteiger charge is -2.08. The number of fused-ring (bicyclic) bond motifs is 1. The zero-order valence-corrected chi connectivity index (χ0v) is 8.47. The Morgan fingerprint density at radius 1 is 1.13 bits per heavy atom. The molecule has 0 unspecified atom stereocenters. The fourth-order valence-electron chi connectivity index (χ4n) is 1.48. The third-order valence-corrected chi connectivity index (χ3v) is 3.11. The van der Waals surface area contributed by atoms with Crippen LogP contribution in [-0.2, 0) is 6.18 Å². The van der Waals surface area contributed by atoms with Crippen LogP contribution in [0.2, 0.25) is 0 Å². The molecule has 0 nitrogen and oxygen atoms in total. The van der Waals surface area contributed by atoms with Crippen molar-refractivity contribution in [3.05, 3.63) is 33.8 Å². The number of halogens is 4. The second-order valence-corrected chi connectivity index (χ2v) is 4.29. The predicted molar refractivity (Wildman–Crippen MR) is 51.5 cm³/mol. The number of thiophene rings is 1. The molecule has 0 aliphatic carbocycles. The SMILES string of the molecule is Cc1scc2c(C(F)(F)F)cc(F)cc12. The quantitative estimate of drug-likeness (QED) is 0.594. The molecule has 0 radical (unpaired) electrons. The van der Waals surface area contributed by atoms with Gasteiger partial charge in [0.25, 0.3) is 0 Å². The maximum atomic E-state index is 13.0. The molecule has 0 N–H and O–H groups in total. The molecule has 80 valence electrons. The van der Waals surface area contributed by atoms with E-state index in [-0.39, 0.29) is 5.39 Å². The molecule has 0 saturated heterocycles. The van der Waals surface area contributed by atoms with Crippen molar-refractivity contribution < 1.29 is 17.6 Å². The second kappa shape index (κ2) is 3.20. The molecule has 2 aromatic rings. The summed E-state index contributed by atoms with van der Waals surface area (Å²) in [6.45, 7) is 1.67. The van der Waals surface area contributed by atoms with Crippen molar-refractivity contribution in [1.82, 2.24) is 0 Å². The Morgan fingerprint density at radius 3 is 2.40 bits per heavy atom. The van der Waals surface area contributed by atoms with E-state index in [4.69, 9.17) is 0 Å². The van der Waals surface area contributed by atoms with Gasteiger partial charge in [0.05, 0.1) is 5.56 Å². The maximum Gasteiger partial charge on any atom is 0.417 e. The Bertz CT molecular complexity index is 510. The monoisotopic (exact) mass is 234 g/mol. The van der Waals surface area contributed by atoms with Gasteiger partial charge in [-0.1, -0.05) is 0 Å². The summed E-state index contributed by atoms with van der Waals surface area (Å²) in [6, 6.07) is 1.67. The highest BCUT2D eigenvalue weighted by molar-refractivity contribution is 7.11. The van der Waals surface area contributed by atoms with E-state index in [1.54, 1.807) is 6.92 Å². The molecule has 0 aliphatic heterocycles. The molecule has 1 aromatic carbocycles. The van der Waals surface area contributed by atoms with Crippen molar-refractivity contribution in [3.8, 4) is 0 Å². The van der Waals surface area contributed by atoms with Crippen LogP contribution in [0.1, 0.15) is 10.4 Å². The van der Waals surface area contributed by atoms with Crippen molar-refractivity contribution in [3.63, 3.8) is 0 Å². The largest absolute Gasteiger partial charge is 0.417 e. The summed E-state index contributed by atoms with van der Waals surface area (Å²) in [4.78, 5) is 0.690. The van der Waals surface area contributed by atoms with E-state index in [0.717, 1.165) is 6.07 Å². The van der Waals surface area contributed by atoms with Crippen molar-refractivity contribution in [2.75, 3.05) is 0 Å². The Morgan fingerprint density at radius 2 is 1.80 bits per heavy atom. The van der Waals surface area contributed by atoms with E-state index in [1.165, 1.54) is 16.7 Å². The van der Waals surface area contributed by atoms with Gasteiger partial charge >= 0.3 is 6.18 Å². The topological polar surface area (TPSA) is 0 Å². The van der Waals surface area contributed by atoms with Gasteiger partial charge in [0.15, 0.2) is 0 Å². The van der Waals surface area contributed by atoms with Crippen LogP contribution in [0.25, 0.3) is 10.8 Å². The minimum Gasteiger partial charge on any atom is -0.207 e. The molecule has 2 rings (SSSR count). The van der Waals surface area contributed by atoms with Gasteiger partial charge in [-0.25, -0.2) is 4.39 Å². The first kappa shape index (κ1) is 10.4. The summed E-state index contributed by atoms with van der Waals surface area (Å²) in [7, 11) is 0. The summed E-state index contributed by atoms with van der Waals surface area (Å²) in [5.41, 5.74) is -0.901. The Kier molecular flexibility index (Phi) is 2.22. The molecule has 0 spiro atoms. The third-order valence-electron chi connectivity index (χ3n) is 2.18. The number of hydrogen-bond donors (Lipinski definition) is 0. The zero-order valence-electron chi connectivity index (χ0n) is 7.65. The lowest BCUT2D eigenvalue weighted by Crippen LogP contribution is -2.05. The van der Waals surface area contributed by atoms with E-state index in [0.29, 0.717) is 16.3 Å². The number of rotatable bonds is 0. The molecule has 1 heterocycles. The molecule has 0 saturated carbocycles. The Balaban J connectivity index is 2.84. The molecular weight excluding hydrogens is 228 g/mol. The van der Waals surface area contributed by atoms with Gasteiger partial charge < -0.3 is 0 Å². The average molecular weight is 234 g/mol. The number of aryl methyl sites for hydroxylation is 1. The van der Waals surface area contributed by atoms with E-state index in [1.807, 2.05) is 0 Å². The molecule has 0 bridgehead atoms. The number of benzene rings is 1. The lowest BCUT2D eigenvalue weighted by molar-refractivity contribution is -0.136. The van der Waals surface area contributed by atoms with Gasteiger partial charge in [-0.05, 0) is 29.8 Å². The van der Waals surface area contributed by atoms with Crippen LogP contribution in [0.4, 0.5) is 17.6 Å². The molecule has 0 atom stereocenters. The summed E-state index contributed by atoms with van der Waals surface area (Å²) < 4.78 is 50.6. The minimum atomic E-state index is -4.51. The van der Waals surface area contributed by atoms with Crippen LogP contribution in [0.3, 0.4) is 0 Å². The highest BCUT2D eigenvalue weighted by Crippen LogP contribution is 2.38. The highest BCUT2D eigenvalue weighted by atomic mass is 32.1. The Labute approximate surface area is 87.1 Å². The molecule has 0 aliphatic rings. The van der Waals surface area contributed by atoms with Crippen LogP contribution >= 0.6 is 11.3 Å². The average Bonchev–Trinajstić information content (AvgIpc) is 2.45. The van der Waals surface area contributed by atoms with E-state index in [2.05, 4.69) is 0 Å². The minimum absolute atomic E-state index is 0.0754. The standard InChI is InChI=1S/C10H6F4S/c1-5-7-2-6(11)3-9(10(12,13)14)8(7)4-15-5/h2-4H,1H3. The second-order valence-electron chi connectivity index (χ2n) is 3.20. The first-order valence-corrected chi connectivity index (χ1v) is 5.02. The summed E-state index contributed by atoms with van der Waals surface area (Å²) in [6.07, 6.45) is -4.51. The van der Waals surface area contributed by atoms with Gasteiger partial charge in [-0.2, -0.15) is 13.2 Å². The predicted octanol–water partition coefficient (Wildman–Crippen LogP) is 4.37. The fraction of sp³-hybridized carbons (Fsp3) is 0.200. The molecule has 15 heavy (non-hydrogen) atoms. The van der Waals surface area contributed by atoms with Gasteiger partial charge in [0.2, 0.25) is 0 Å². The van der Waals surface area contributed by atoms with Gasteiger partial charge in [-0.15, -0.1) is 11.3 Å². The van der Waals surface area contributed by atoms with Crippen LogP contribution in [0.5, 0.6) is 0 Å². The highest BCUT2D eigenvalue weighted by Gasteiger charge is 2.33. The van der Waals surface area contributed by atoms with E-state index >= 15 is 0 Å². The Hall–Kier alpha value is -1.10. The lowest BCUT2D eigenvalue weighted by atomic mass is 10.1. The summed E-state index contributed by atoms with van der Waals surface area (Å²) in [5.74, 6) is -0.851. The fourth-order valence-corrected chi connectivity index (χ4v) is 2.33. The van der Waals surface area contributed by atoms with Crippen LogP contribution in [0.15, 0.2) is 17.5 Å². The third kappa shape index (κ3) is 1.71. The van der Waals surface area contributed by atoms with Crippen LogP contribution < -0.4 is 0 Å². The number of hydrogen-bond acceptors (Lipinski definition) is 1. The number of alkyl halides is 3. The van der Waals surface area contributed by atoms with Crippen LogP contribution in [-0.4, -0.2) is 0 Å². The van der Waals surface area contributed by atoms with Gasteiger partial charge in [-0.3, -0.25) is 0 Å². The van der Waals surface area contributed by atoms with Crippen molar-refractivity contribution in [1.29, 1.82) is 0 Å². The maximum absolute atomic E-state index is 13.0. The summed E-state index contributed by atoms with van der Waals surface area (Å²) >= 11 is 1.19.